The minimum atomic E-state index is -3.19. The summed E-state index contributed by atoms with van der Waals surface area (Å²) in [6.07, 6.45) is 3.39. The third-order valence-electron chi connectivity index (χ3n) is 5.61. The monoisotopic (exact) mass is 482 g/mol. The van der Waals surface area contributed by atoms with E-state index in [-0.39, 0.29) is 11.7 Å². The zero-order chi connectivity index (χ0) is 25.2. The van der Waals surface area contributed by atoms with Gasteiger partial charge in [-0.25, -0.2) is 15.0 Å². The molecule has 1 saturated heterocycles. The molecular weight excluding hydrogens is 454 g/mol. The predicted octanol–water partition coefficient (Wildman–Crippen LogP) is 3.81. The van der Waals surface area contributed by atoms with Crippen molar-refractivity contribution in [1.82, 2.24) is 24.8 Å². The van der Waals surface area contributed by atoms with Crippen molar-refractivity contribution in [2.45, 2.75) is 26.7 Å². The van der Waals surface area contributed by atoms with Crippen molar-refractivity contribution in [2.75, 3.05) is 48.8 Å². The topological polar surface area (TPSA) is 99.2 Å². The van der Waals surface area contributed by atoms with Crippen molar-refractivity contribution in [3.8, 4) is 11.3 Å². The smallest absolute Gasteiger partial charge is 0.303 e. The number of nitrogens with one attached hydrogen (secondary N) is 2. The van der Waals surface area contributed by atoms with E-state index in [1.807, 2.05) is 18.3 Å². The van der Waals surface area contributed by atoms with E-state index in [2.05, 4.69) is 47.4 Å². The number of hydrogen-bond donors (Lipinski definition) is 2. The van der Waals surface area contributed by atoms with Crippen molar-refractivity contribution in [3.63, 3.8) is 0 Å². The first-order valence-corrected chi connectivity index (χ1v) is 11.3. The van der Waals surface area contributed by atoms with Gasteiger partial charge in [0.25, 0.3) is 0 Å². The number of rotatable bonds is 6. The first-order chi connectivity index (χ1) is 16.6. The Morgan fingerprint density at radius 1 is 1.03 bits per heavy atom. The van der Waals surface area contributed by atoms with Crippen LogP contribution in [-0.4, -0.2) is 64.0 Å². The summed E-state index contributed by atoms with van der Waals surface area (Å²) in [5.74, 6) is -3.54. The lowest BCUT2D eigenvalue weighted by atomic mass is 10.1. The van der Waals surface area contributed by atoms with E-state index >= 15 is 0 Å². The number of anilines is 4. The number of hydrogen-bond acceptors (Lipinski definition) is 8. The van der Waals surface area contributed by atoms with Crippen LogP contribution in [0.2, 0.25) is 0 Å². The van der Waals surface area contributed by atoms with E-state index in [4.69, 9.17) is 0 Å². The SMILES string of the molecule is CC(=O)Nc1cc(Nc2cc(C)nc(C(C)(F)F)n2)c(-c2ccc(N3CCN(C)CC3)cn2)cn1. The van der Waals surface area contributed by atoms with E-state index in [9.17, 15) is 13.6 Å². The molecule has 0 unspecified atom stereocenters. The third kappa shape index (κ3) is 6.04. The summed E-state index contributed by atoms with van der Waals surface area (Å²) in [5, 5.41) is 5.73. The largest absolute Gasteiger partial charge is 0.368 e. The lowest BCUT2D eigenvalue weighted by molar-refractivity contribution is -0.114. The number of aromatic nitrogens is 4. The molecule has 0 radical (unpaired) electrons. The van der Waals surface area contributed by atoms with Crippen LogP contribution in [-0.2, 0) is 10.7 Å². The number of amides is 1. The average Bonchev–Trinajstić information content (AvgIpc) is 2.79. The summed E-state index contributed by atoms with van der Waals surface area (Å²) in [7, 11) is 2.11. The van der Waals surface area contributed by atoms with Crippen LogP contribution in [0.1, 0.15) is 25.4 Å². The average molecular weight is 483 g/mol. The van der Waals surface area contributed by atoms with Gasteiger partial charge < -0.3 is 20.4 Å². The van der Waals surface area contributed by atoms with Crippen molar-refractivity contribution in [2.24, 2.45) is 0 Å². The molecule has 0 aromatic carbocycles. The molecule has 0 atom stereocenters. The van der Waals surface area contributed by atoms with Crippen molar-refractivity contribution in [1.29, 1.82) is 0 Å². The van der Waals surface area contributed by atoms with Crippen molar-refractivity contribution in [3.05, 3.63) is 48.2 Å². The second kappa shape index (κ2) is 9.87. The first kappa shape index (κ1) is 24.4. The molecule has 11 heteroatoms. The van der Waals surface area contributed by atoms with E-state index in [0.29, 0.717) is 28.5 Å². The Morgan fingerprint density at radius 3 is 2.40 bits per heavy atom. The highest BCUT2D eigenvalue weighted by Crippen LogP contribution is 2.32. The zero-order valence-electron chi connectivity index (χ0n) is 20.1. The number of halogens is 2. The van der Waals surface area contributed by atoms with E-state index < -0.39 is 11.7 Å². The maximum atomic E-state index is 13.9. The Labute approximate surface area is 202 Å². The minimum absolute atomic E-state index is 0.198. The van der Waals surface area contributed by atoms with Gasteiger partial charge in [-0.3, -0.25) is 9.78 Å². The lowest BCUT2D eigenvalue weighted by Gasteiger charge is -2.33. The predicted molar refractivity (Wildman–Crippen MR) is 131 cm³/mol. The molecule has 3 aromatic rings. The van der Waals surface area contributed by atoms with Crippen LogP contribution in [0.5, 0.6) is 0 Å². The lowest BCUT2D eigenvalue weighted by Crippen LogP contribution is -2.44. The number of aryl methyl sites for hydroxylation is 1. The van der Waals surface area contributed by atoms with Crippen LogP contribution in [0.3, 0.4) is 0 Å². The Balaban J connectivity index is 1.68. The molecule has 0 aliphatic carbocycles. The molecule has 0 spiro atoms. The Morgan fingerprint density at radius 2 is 1.77 bits per heavy atom. The van der Waals surface area contributed by atoms with Crippen LogP contribution < -0.4 is 15.5 Å². The van der Waals surface area contributed by atoms with Crippen LogP contribution in [0.15, 0.2) is 36.7 Å². The Kier molecular flexibility index (Phi) is 6.88. The van der Waals surface area contributed by atoms with Gasteiger partial charge in [-0.1, -0.05) is 0 Å². The van der Waals surface area contributed by atoms with Gasteiger partial charge in [0, 0.05) is 69.6 Å². The molecule has 4 rings (SSSR count). The zero-order valence-corrected chi connectivity index (χ0v) is 20.1. The summed E-state index contributed by atoms with van der Waals surface area (Å²) < 4.78 is 27.8. The fourth-order valence-electron chi connectivity index (χ4n) is 3.78. The maximum Gasteiger partial charge on any atom is 0.303 e. The van der Waals surface area contributed by atoms with Crippen LogP contribution in [0.25, 0.3) is 11.3 Å². The molecule has 3 aromatic heterocycles. The molecule has 4 heterocycles. The number of alkyl halides is 2. The molecule has 1 amide bonds. The van der Waals surface area contributed by atoms with Crippen LogP contribution >= 0.6 is 0 Å². The van der Waals surface area contributed by atoms with Gasteiger partial charge in [0.1, 0.15) is 11.6 Å². The highest BCUT2D eigenvalue weighted by Gasteiger charge is 2.29. The highest BCUT2D eigenvalue weighted by atomic mass is 19.3. The van der Waals surface area contributed by atoms with Gasteiger partial charge in [0.05, 0.1) is 23.3 Å². The third-order valence-corrected chi connectivity index (χ3v) is 5.61. The fourth-order valence-corrected chi connectivity index (χ4v) is 3.78. The maximum absolute atomic E-state index is 13.9. The van der Waals surface area contributed by atoms with Crippen molar-refractivity contribution < 1.29 is 13.6 Å². The summed E-state index contributed by atoms with van der Waals surface area (Å²) in [4.78, 5) is 32.9. The normalized spacial score (nSPS) is 14.6. The molecule has 1 aliphatic heterocycles. The van der Waals surface area contributed by atoms with Crippen LogP contribution in [0.4, 0.5) is 31.8 Å². The van der Waals surface area contributed by atoms with E-state index in [1.165, 1.54) is 6.92 Å². The second-order valence-electron chi connectivity index (χ2n) is 8.72. The second-order valence-corrected chi connectivity index (χ2v) is 8.72. The number of carbonyl (C=O) groups excluding carboxylic acids is 1. The number of carbonyl (C=O) groups is 1. The molecule has 9 nitrogen and oxygen atoms in total. The van der Waals surface area contributed by atoms with Crippen molar-refractivity contribution >= 4 is 28.9 Å². The number of pyridine rings is 2. The van der Waals surface area contributed by atoms with E-state index in [1.54, 1.807) is 25.3 Å². The summed E-state index contributed by atoms with van der Waals surface area (Å²) in [6, 6.07) is 7.09. The number of likely N-dealkylation sites (N-methyl/N-ethyl adjacent to an activating group) is 1. The van der Waals surface area contributed by atoms with Gasteiger partial charge in [0.2, 0.25) is 11.7 Å². The van der Waals surface area contributed by atoms with Gasteiger partial charge in [-0.05, 0) is 26.1 Å². The molecule has 1 fully saturated rings. The highest BCUT2D eigenvalue weighted by molar-refractivity contribution is 5.89. The minimum Gasteiger partial charge on any atom is -0.368 e. The quantitative estimate of drug-likeness (QED) is 0.547. The first-order valence-electron chi connectivity index (χ1n) is 11.3. The number of piperazine rings is 1. The Bertz CT molecular complexity index is 1210. The van der Waals surface area contributed by atoms with Gasteiger partial charge in [0.15, 0.2) is 0 Å². The summed E-state index contributed by atoms with van der Waals surface area (Å²) in [5.41, 5.74) is 3.20. The molecule has 2 N–H and O–H groups in total. The summed E-state index contributed by atoms with van der Waals surface area (Å²) >= 11 is 0. The van der Waals surface area contributed by atoms with Gasteiger partial charge in [-0.15, -0.1) is 0 Å². The number of nitrogens with zero attached hydrogens (tertiary/aromatic N) is 6. The fraction of sp³-hybridized carbons (Fsp3) is 0.375. The molecule has 0 saturated carbocycles. The molecular formula is C24H28F2N8O. The molecule has 184 valence electrons. The van der Waals surface area contributed by atoms with E-state index in [0.717, 1.165) is 38.8 Å². The molecule has 35 heavy (non-hydrogen) atoms. The molecule has 1 aliphatic rings. The van der Waals surface area contributed by atoms with Gasteiger partial charge >= 0.3 is 5.92 Å². The Hall–Kier alpha value is -3.73. The van der Waals surface area contributed by atoms with Gasteiger partial charge in [-0.2, -0.15) is 8.78 Å². The standard InChI is InChI=1S/C24H28F2N8O/c1-15-11-22(32-23(29-15)24(3,25)26)31-20-12-21(30-16(2)35)28-14-18(20)19-6-5-17(13-27-19)34-9-7-33(4)8-10-34/h5-6,11-14H,7-10H2,1-4H3,(H2,28,29,30,31,32,35). The molecule has 0 bridgehead atoms. The summed E-state index contributed by atoms with van der Waals surface area (Å²) in [6.45, 7) is 7.58. The van der Waals surface area contributed by atoms with Crippen LogP contribution in [0, 0.1) is 6.92 Å².